The SMILES string of the molecule is CC(C)(C)CCc1nc2ccccn2c1C(C)(C)C. The third kappa shape index (κ3) is 3.17. The highest BCUT2D eigenvalue weighted by Crippen LogP contribution is 2.30. The lowest BCUT2D eigenvalue weighted by atomic mass is 9.85. The predicted molar refractivity (Wildman–Crippen MR) is 81.7 cm³/mol. The molecule has 0 aliphatic rings. The predicted octanol–water partition coefficient (Wildman–Crippen LogP) is 4.61. The highest BCUT2D eigenvalue weighted by Gasteiger charge is 2.24. The van der Waals surface area contributed by atoms with Gasteiger partial charge in [-0.05, 0) is 30.4 Å². The molecule has 0 fully saturated rings. The normalized spacial score (nSPS) is 13.2. The Morgan fingerprint density at radius 1 is 1.05 bits per heavy atom. The van der Waals surface area contributed by atoms with Crippen LogP contribution in [-0.2, 0) is 11.8 Å². The van der Waals surface area contributed by atoms with E-state index in [-0.39, 0.29) is 5.41 Å². The summed E-state index contributed by atoms with van der Waals surface area (Å²) in [5.74, 6) is 0. The molecule has 19 heavy (non-hydrogen) atoms. The monoisotopic (exact) mass is 258 g/mol. The van der Waals surface area contributed by atoms with E-state index < -0.39 is 0 Å². The van der Waals surface area contributed by atoms with E-state index in [4.69, 9.17) is 4.98 Å². The molecule has 0 atom stereocenters. The van der Waals surface area contributed by atoms with Gasteiger partial charge in [-0.15, -0.1) is 0 Å². The zero-order valence-corrected chi connectivity index (χ0v) is 13.1. The smallest absolute Gasteiger partial charge is 0.137 e. The summed E-state index contributed by atoms with van der Waals surface area (Å²) in [5, 5.41) is 0. The number of pyridine rings is 1. The van der Waals surface area contributed by atoms with Crippen LogP contribution in [0.4, 0.5) is 0 Å². The first-order valence-corrected chi connectivity index (χ1v) is 7.15. The van der Waals surface area contributed by atoms with E-state index in [1.165, 1.54) is 17.8 Å². The second-order valence-electron chi connectivity index (χ2n) is 7.65. The minimum Gasteiger partial charge on any atom is -0.303 e. The summed E-state index contributed by atoms with van der Waals surface area (Å²) < 4.78 is 2.25. The molecule has 104 valence electrons. The lowest BCUT2D eigenvalue weighted by Gasteiger charge is -2.22. The number of fused-ring (bicyclic) bond motifs is 1. The molecule has 0 saturated heterocycles. The Morgan fingerprint density at radius 2 is 1.74 bits per heavy atom. The summed E-state index contributed by atoms with van der Waals surface area (Å²) in [5.41, 5.74) is 4.15. The van der Waals surface area contributed by atoms with Crippen LogP contribution in [0.1, 0.15) is 59.4 Å². The first-order valence-electron chi connectivity index (χ1n) is 7.15. The standard InChI is InChI=1S/C17H26N2/c1-16(2,3)11-10-13-15(17(4,5)6)19-12-8-7-9-14(19)18-13/h7-9,12H,10-11H2,1-6H3. The van der Waals surface area contributed by atoms with Crippen molar-refractivity contribution in [1.82, 2.24) is 9.38 Å². The third-order valence-electron chi connectivity index (χ3n) is 3.42. The Balaban J connectivity index is 2.48. The Bertz CT molecular complexity index is 565. The number of imidazole rings is 1. The van der Waals surface area contributed by atoms with Gasteiger partial charge >= 0.3 is 0 Å². The molecular formula is C17H26N2. The van der Waals surface area contributed by atoms with Crippen molar-refractivity contribution < 1.29 is 0 Å². The van der Waals surface area contributed by atoms with Gasteiger partial charge in [-0.2, -0.15) is 0 Å². The second-order valence-corrected chi connectivity index (χ2v) is 7.65. The van der Waals surface area contributed by atoms with E-state index in [2.05, 4.69) is 70.3 Å². The van der Waals surface area contributed by atoms with Crippen molar-refractivity contribution in [2.24, 2.45) is 5.41 Å². The van der Waals surface area contributed by atoms with E-state index in [0.29, 0.717) is 5.41 Å². The van der Waals surface area contributed by atoms with Gasteiger partial charge in [-0.25, -0.2) is 4.98 Å². The Labute approximate surface area is 116 Å². The summed E-state index contributed by atoms with van der Waals surface area (Å²) in [6.07, 6.45) is 4.35. The molecule has 0 unspecified atom stereocenters. The third-order valence-corrected chi connectivity index (χ3v) is 3.42. The van der Waals surface area contributed by atoms with Crippen LogP contribution in [0.25, 0.3) is 5.65 Å². The molecule has 2 rings (SSSR count). The van der Waals surface area contributed by atoms with Crippen LogP contribution in [0.2, 0.25) is 0 Å². The summed E-state index contributed by atoms with van der Waals surface area (Å²) in [6.45, 7) is 13.7. The van der Waals surface area contributed by atoms with Gasteiger partial charge in [0, 0.05) is 11.6 Å². The molecule has 2 heterocycles. The van der Waals surface area contributed by atoms with E-state index >= 15 is 0 Å². The van der Waals surface area contributed by atoms with Crippen molar-refractivity contribution in [3.05, 3.63) is 35.8 Å². The molecule has 0 N–H and O–H groups in total. The number of rotatable bonds is 2. The number of aromatic nitrogens is 2. The fraction of sp³-hybridized carbons (Fsp3) is 0.588. The molecule has 0 spiro atoms. The second kappa shape index (κ2) is 4.66. The highest BCUT2D eigenvalue weighted by atomic mass is 15.0. The van der Waals surface area contributed by atoms with Crippen LogP contribution in [-0.4, -0.2) is 9.38 Å². The number of hydrogen-bond acceptors (Lipinski definition) is 1. The van der Waals surface area contributed by atoms with Crippen LogP contribution in [0.3, 0.4) is 0 Å². The van der Waals surface area contributed by atoms with Crippen molar-refractivity contribution in [3.8, 4) is 0 Å². The number of nitrogens with zero attached hydrogens (tertiary/aromatic N) is 2. The van der Waals surface area contributed by atoms with Gasteiger partial charge in [0.05, 0.1) is 11.4 Å². The van der Waals surface area contributed by atoms with Crippen molar-refractivity contribution in [2.45, 2.75) is 59.8 Å². The maximum absolute atomic E-state index is 4.85. The quantitative estimate of drug-likeness (QED) is 0.769. The molecule has 2 aromatic heterocycles. The van der Waals surface area contributed by atoms with Crippen molar-refractivity contribution in [1.29, 1.82) is 0 Å². The van der Waals surface area contributed by atoms with Gasteiger partial charge in [0.1, 0.15) is 5.65 Å². The minimum atomic E-state index is 0.119. The molecule has 0 bridgehead atoms. The van der Waals surface area contributed by atoms with Crippen LogP contribution < -0.4 is 0 Å². The Kier molecular flexibility index (Phi) is 3.46. The number of aryl methyl sites for hydroxylation is 1. The Morgan fingerprint density at radius 3 is 2.32 bits per heavy atom. The highest BCUT2D eigenvalue weighted by molar-refractivity contribution is 5.45. The lowest BCUT2D eigenvalue weighted by Crippen LogP contribution is -2.17. The van der Waals surface area contributed by atoms with Crippen molar-refractivity contribution >= 4 is 5.65 Å². The summed E-state index contributed by atoms with van der Waals surface area (Å²) in [4.78, 5) is 4.85. The number of hydrogen-bond donors (Lipinski definition) is 0. The van der Waals surface area contributed by atoms with Gasteiger partial charge in [0.25, 0.3) is 0 Å². The van der Waals surface area contributed by atoms with Gasteiger partial charge < -0.3 is 4.40 Å². The molecule has 0 radical (unpaired) electrons. The van der Waals surface area contributed by atoms with Gasteiger partial charge in [0.2, 0.25) is 0 Å². The van der Waals surface area contributed by atoms with Gasteiger partial charge in [0.15, 0.2) is 0 Å². The molecule has 0 aliphatic carbocycles. The zero-order valence-electron chi connectivity index (χ0n) is 13.1. The molecule has 2 nitrogen and oxygen atoms in total. The summed E-state index contributed by atoms with van der Waals surface area (Å²) >= 11 is 0. The van der Waals surface area contributed by atoms with Crippen LogP contribution in [0.5, 0.6) is 0 Å². The molecule has 0 saturated carbocycles. The van der Waals surface area contributed by atoms with E-state index in [0.717, 1.165) is 12.1 Å². The minimum absolute atomic E-state index is 0.119. The van der Waals surface area contributed by atoms with Crippen LogP contribution >= 0.6 is 0 Å². The average molecular weight is 258 g/mol. The fourth-order valence-corrected chi connectivity index (χ4v) is 2.51. The first kappa shape index (κ1) is 14.1. The zero-order chi connectivity index (χ0) is 14.3. The largest absolute Gasteiger partial charge is 0.303 e. The lowest BCUT2D eigenvalue weighted by molar-refractivity contribution is 0.374. The molecule has 2 heteroatoms. The summed E-state index contributed by atoms with van der Waals surface area (Å²) in [6, 6.07) is 6.23. The van der Waals surface area contributed by atoms with Crippen molar-refractivity contribution in [2.75, 3.05) is 0 Å². The van der Waals surface area contributed by atoms with E-state index in [1.807, 2.05) is 0 Å². The maximum Gasteiger partial charge on any atom is 0.137 e. The fourth-order valence-electron chi connectivity index (χ4n) is 2.51. The van der Waals surface area contributed by atoms with Gasteiger partial charge in [-0.3, -0.25) is 0 Å². The average Bonchev–Trinajstić information content (AvgIpc) is 2.63. The van der Waals surface area contributed by atoms with Crippen LogP contribution in [0.15, 0.2) is 24.4 Å². The Hall–Kier alpha value is -1.31. The van der Waals surface area contributed by atoms with E-state index in [1.54, 1.807) is 0 Å². The van der Waals surface area contributed by atoms with Crippen LogP contribution in [0, 0.1) is 5.41 Å². The molecule has 0 amide bonds. The topological polar surface area (TPSA) is 17.3 Å². The molecule has 0 aliphatic heterocycles. The van der Waals surface area contributed by atoms with E-state index in [9.17, 15) is 0 Å². The molecule has 0 aromatic carbocycles. The van der Waals surface area contributed by atoms with Gasteiger partial charge in [-0.1, -0.05) is 47.6 Å². The molecule has 2 aromatic rings. The first-order chi connectivity index (χ1) is 8.68. The maximum atomic E-state index is 4.85. The molecular weight excluding hydrogens is 232 g/mol. The van der Waals surface area contributed by atoms with Crippen molar-refractivity contribution in [3.63, 3.8) is 0 Å². The summed E-state index contributed by atoms with van der Waals surface area (Å²) in [7, 11) is 0.